The van der Waals surface area contributed by atoms with Crippen molar-refractivity contribution in [3.8, 4) is 0 Å². The molecule has 9 nitrogen and oxygen atoms in total. The molecule has 1 rings (SSSR count). The molecular weight excluding hydrogens is 693 g/mol. The van der Waals surface area contributed by atoms with Crippen molar-refractivity contribution in [1.29, 1.82) is 0 Å². The molecule has 1 saturated heterocycles. The molecule has 1 N–H and O–H groups in total. The van der Waals surface area contributed by atoms with Crippen molar-refractivity contribution in [2.75, 3.05) is 52.6 Å². The van der Waals surface area contributed by atoms with Crippen LogP contribution in [0.25, 0.3) is 0 Å². The molecule has 0 spiro atoms. The van der Waals surface area contributed by atoms with E-state index < -0.39 is 12.2 Å². The molecule has 1 amide bonds. The van der Waals surface area contributed by atoms with Gasteiger partial charge in [-0.3, -0.25) is 14.5 Å². The Balaban J connectivity index is 2.25. The number of carbonyl (C=O) groups is 3. The fourth-order valence-electron chi connectivity index (χ4n) is 6.66. The van der Waals surface area contributed by atoms with Crippen molar-refractivity contribution >= 4 is 18.0 Å². The Hall–Kier alpha value is -2.39. The number of ether oxygens (including phenoxy) is 4. The first-order chi connectivity index (χ1) is 27.0. The Bertz CT molecular complexity index is 951. The van der Waals surface area contributed by atoms with Gasteiger partial charge < -0.3 is 24.3 Å². The number of morpholine rings is 1. The number of rotatable bonds is 38. The van der Waals surface area contributed by atoms with Crippen LogP contribution >= 0.6 is 0 Å². The molecule has 320 valence electrons. The minimum atomic E-state index is -0.763. The summed E-state index contributed by atoms with van der Waals surface area (Å²) >= 11 is 0. The Kier molecular flexibility index (Phi) is 36.7. The molecule has 1 aliphatic heterocycles. The van der Waals surface area contributed by atoms with E-state index >= 15 is 0 Å². The molecule has 1 fully saturated rings. The lowest BCUT2D eigenvalue weighted by Crippen LogP contribution is -2.41. The molecular formula is C46H84N2O7. The average Bonchev–Trinajstić information content (AvgIpc) is 3.19. The van der Waals surface area contributed by atoms with Gasteiger partial charge in [-0.1, -0.05) is 141 Å². The molecule has 1 heterocycles. The van der Waals surface area contributed by atoms with Gasteiger partial charge in [0.15, 0.2) is 6.10 Å². The first-order valence-corrected chi connectivity index (χ1v) is 22.9. The van der Waals surface area contributed by atoms with Crippen LogP contribution in [0.15, 0.2) is 24.3 Å². The van der Waals surface area contributed by atoms with Gasteiger partial charge in [0.2, 0.25) is 0 Å². The molecule has 1 unspecified atom stereocenters. The summed E-state index contributed by atoms with van der Waals surface area (Å²) in [7, 11) is 0. The second-order valence-electron chi connectivity index (χ2n) is 15.4. The van der Waals surface area contributed by atoms with Crippen LogP contribution in [0.3, 0.4) is 0 Å². The highest BCUT2D eigenvalue weighted by atomic mass is 16.6. The summed E-state index contributed by atoms with van der Waals surface area (Å²) in [6.45, 7) is 8.37. The summed E-state index contributed by atoms with van der Waals surface area (Å²) in [5.74, 6) is -0.637. The van der Waals surface area contributed by atoms with E-state index in [-0.39, 0.29) is 31.7 Å². The number of amides is 1. The highest BCUT2D eigenvalue weighted by Gasteiger charge is 2.19. The number of unbranched alkanes of at least 4 members (excludes halogenated alkanes) is 22. The molecule has 0 aromatic rings. The summed E-state index contributed by atoms with van der Waals surface area (Å²) in [5.41, 5.74) is 0. The van der Waals surface area contributed by atoms with Gasteiger partial charge in [-0.15, -0.1) is 0 Å². The van der Waals surface area contributed by atoms with Gasteiger partial charge in [-0.05, 0) is 64.2 Å². The number of hydrogen-bond donors (Lipinski definition) is 1. The maximum absolute atomic E-state index is 12.7. The van der Waals surface area contributed by atoms with Crippen molar-refractivity contribution in [2.45, 2.75) is 200 Å². The zero-order valence-electron chi connectivity index (χ0n) is 35.6. The van der Waals surface area contributed by atoms with Crippen LogP contribution in [-0.4, -0.2) is 81.6 Å². The van der Waals surface area contributed by atoms with Crippen molar-refractivity contribution in [2.24, 2.45) is 0 Å². The molecule has 9 heteroatoms. The van der Waals surface area contributed by atoms with Gasteiger partial charge >= 0.3 is 18.0 Å². The number of hydrogen-bond acceptors (Lipinski definition) is 8. The molecule has 0 radical (unpaired) electrons. The molecule has 0 saturated carbocycles. The zero-order chi connectivity index (χ0) is 39.7. The topological polar surface area (TPSA) is 103 Å². The standard InChI is InChI=1S/C46H84N2O7/c1-3-5-7-9-11-13-15-17-19-21-23-25-27-29-31-33-44(49)54-42-43(41-47-46(51)53-40-37-48-35-38-52-39-36-48)55-45(50)34-32-30-28-26-24-22-20-18-16-14-12-10-8-6-4-2/h17-20,43H,3-16,21-42H2,1-2H3,(H,47,51). The molecule has 1 atom stereocenters. The molecule has 0 bridgehead atoms. The largest absolute Gasteiger partial charge is 0.462 e. The Morgan fingerprint density at radius 3 is 1.51 bits per heavy atom. The molecule has 0 aromatic carbocycles. The molecule has 0 aliphatic carbocycles. The van der Waals surface area contributed by atoms with Crippen molar-refractivity contribution in [3.05, 3.63) is 24.3 Å². The highest BCUT2D eigenvalue weighted by Crippen LogP contribution is 2.13. The van der Waals surface area contributed by atoms with Crippen LogP contribution in [0.2, 0.25) is 0 Å². The van der Waals surface area contributed by atoms with E-state index in [0.29, 0.717) is 32.6 Å². The van der Waals surface area contributed by atoms with Crippen LogP contribution in [0.1, 0.15) is 194 Å². The summed E-state index contributed by atoms with van der Waals surface area (Å²) in [6, 6.07) is 0. The van der Waals surface area contributed by atoms with Crippen LogP contribution in [-0.2, 0) is 28.5 Å². The normalized spacial score (nSPS) is 14.1. The zero-order valence-corrected chi connectivity index (χ0v) is 35.6. The second kappa shape index (κ2) is 39.8. The molecule has 1 aliphatic rings. The van der Waals surface area contributed by atoms with Crippen LogP contribution in [0.4, 0.5) is 4.79 Å². The van der Waals surface area contributed by atoms with Gasteiger partial charge in [-0.25, -0.2) is 4.79 Å². The highest BCUT2D eigenvalue weighted by molar-refractivity contribution is 5.70. The Labute approximate surface area is 337 Å². The minimum absolute atomic E-state index is 0.0230. The smallest absolute Gasteiger partial charge is 0.407 e. The fraction of sp³-hybridized carbons (Fsp3) is 0.848. The molecule has 0 aromatic heterocycles. The fourth-order valence-corrected chi connectivity index (χ4v) is 6.66. The monoisotopic (exact) mass is 777 g/mol. The summed E-state index contributed by atoms with van der Waals surface area (Å²) in [4.78, 5) is 39.8. The summed E-state index contributed by atoms with van der Waals surface area (Å²) in [6.07, 6.45) is 39.7. The third-order valence-corrected chi connectivity index (χ3v) is 10.2. The van der Waals surface area contributed by atoms with Gasteiger partial charge in [0, 0.05) is 32.5 Å². The predicted octanol–water partition coefficient (Wildman–Crippen LogP) is 11.6. The summed E-state index contributed by atoms with van der Waals surface area (Å²) < 4.78 is 21.9. The van der Waals surface area contributed by atoms with E-state index in [1.54, 1.807) is 0 Å². The van der Waals surface area contributed by atoms with Crippen molar-refractivity contribution in [3.63, 3.8) is 0 Å². The Morgan fingerprint density at radius 2 is 1.02 bits per heavy atom. The number of esters is 2. The lowest BCUT2D eigenvalue weighted by atomic mass is 10.1. The van der Waals surface area contributed by atoms with Crippen molar-refractivity contribution < 1.29 is 33.3 Å². The molecule has 55 heavy (non-hydrogen) atoms. The lowest BCUT2D eigenvalue weighted by molar-refractivity contribution is -0.158. The summed E-state index contributed by atoms with van der Waals surface area (Å²) in [5, 5.41) is 2.69. The predicted molar refractivity (Wildman–Crippen MR) is 226 cm³/mol. The third-order valence-electron chi connectivity index (χ3n) is 10.2. The van der Waals surface area contributed by atoms with E-state index in [9.17, 15) is 14.4 Å². The van der Waals surface area contributed by atoms with E-state index in [4.69, 9.17) is 18.9 Å². The first-order valence-electron chi connectivity index (χ1n) is 22.9. The SMILES string of the molecule is CCCCCCCCC=CCCCCCCCC(=O)OCC(CNC(=O)OCCN1CCOCC1)OC(=O)CCCCCCCC=CCCCCCCCC. The average molecular weight is 777 g/mol. The maximum Gasteiger partial charge on any atom is 0.407 e. The van der Waals surface area contributed by atoms with Gasteiger partial charge in [0.05, 0.1) is 19.8 Å². The quantitative estimate of drug-likeness (QED) is 0.0286. The van der Waals surface area contributed by atoms with E-state index in [1.807, 2.05) is 0 Å². The van der Waals surface area contributed by atoms with E-state index in [0.717, 1.165) is 70.9 Å². The number of allylic oxidation sites excluding steroid dienone is 4. The van der Waals surface area contributed by atoms with Crippen LogP contribution < -0.4 is 5.32 Å². The number of carbonyl (C=O) groups excluding carboxylic acids is 3. The minimum Gasteiger partial charge on any atom is -0.462 e. The third kappa shape index (κ3) is 35.7. The van der Waals surface area contributed by atoms with Crippen LogP contribution in [0, 0.1) is 0 Å². The lowest BCUT2D eigenvalue weighted by Gasteiger charge is -2.26. The number of nitrogens with one attached hydrogen (secondary N) is 1. The van der Waals surface area contributed by atoms with Crippen LogP contribution in [0.5, 0.6) is 0 Å². The van der Waals surface area contributed by atoms with E-state index in [1.165, 1.54) is 109 Å². The van der Waals surface area contributed by atoms with Gasteiger partial charge in [0.1, 0.15) is 13.2 Å². The van der Waals surface area contributed by atoms with Crippen molar-refractivity contribution in [1.82, 2.24) is 10.2 Å². The first kappa shape index (κ1) is 50.6. The maximum atomic E-state index is 12.7. The number of alkyl carbamates (subject to hydrolysis) is 1. The van der Waals surface area contributed by atoms with E-state index in [2.05, 4.69) is 48.4 Å². The Morgan fingerprint density at radius 1 is 0.582 bits per heavy atom. The van der Waals surface area contributed by atoms with Gasteiger partial charge in [-0.2, -0.15) is 0 Å². The second-order valence-corrected chi connectivity index (χ2v) is 15.4. The van der Waals surface area contributed by atoms with Gasteiger partial charge in [0.25, 0.3) is 0 Å². The number of nitrogens with zero attached hydrogens (tertiary/aromatic N) is 1.